The molecule has 0 saturated heterocycles. The van der Waals surface area contributed by atoms with Gasteiger partial charge < -0.3 is 15.0 Å². The van der Waals surface area contributed by atoms with Crippen molar-refractivity contribution in [3.63, 3.8) is 0 Å². The van der Waals surface area contributed by atoms with Gasteiger partial charge in [0.05, 0.1) is 12.2 Å². The molecular formula is C15H17N3O2S. The lowest BCUT2D eigenvalue weighted by atomic mass is 10.1. The molecule has 5 nitrogen and oxygen atoms in total. The SMILES string of the molecule is CCOCC(=O)Nc1ccc(C2=CSC3=NCCN23)cc1. The molecule has 0 spiro atoms. The van der Waals surface area contributed by atoms with Gasteiger partial charge in [-0.25, -0.2) is 0 Å². The highest BCUT2D eigenvalue weighted by Crippen LogP contribution is 2.35. The molecule has 1 aromatic carbocycles. The number of fused-ring (bicyclic) bond motifs is 1. The van der Waals surface area contributed by atoms with Crippen LogP contribution in [0.3, 0.4) is 0 Å². The summed E-state index contributed by atoms with van der Waals surface area (Å²) in [5.41, 5.74) is 3.10. The molecule has 0 aliphatic carbocycles. The zero-order valence-corrected chi connectivity index (χ0v) is 12.7. The molecule has 2 aliphatic rings. The van der Waals surface area contributed by atoms with Crippen molar-refractivity contribution in [3.05, 3.63) is 35.2 Å². The number of amidine groups is 1. The maximum atomic E-state index is 11.6. The van der Waals surface area contributed by atoms with Crippen molar-refractivity contribution in [2.45, 2.75) is 6.92 Å². The standard InChI is InChI=1S/C15H17N3O2S/c1-2-20-9-14(19)17-12-5-3-11(4-6-12)13-10-21-15-16-7-8-18(13)15/h3-6,10H,2,7-9H2,1H3,(H,17,19). The van der Waals surface area contributed by atoms with Crippen molar-refractivity contribution >= 4 is 34.2 Å². The highest BCUT2D eigenvalue weighted by Gasteiger charge is 2.26. The van der Waals surface area contributed by atoms with E-state index in [0.717, 1.165) is 29.5 Å². The van der Waals surface area contributed by atoms with Crippen molar-refractivity contribution in [1.29, 1.82) is 0 Å². The van der Waals surface area contributed by atoms with E-state index in [1.807, 2.05) is 31.2 Å². The van der Waals surface area contributed by atoms with Crippen molar-refractivity contribution in [3.8, 4) is 0 Å². The van der Waals surface area contributed by atoms with Crippen molar-refractivity contribution in [2.24, 2.45) is 4.99 Å². The van der Waals surface area contributed by atoms with Gasteiger partial charge in [-0.2, -0.15) is 0 Å². The number of carbonyl (C=O) groups is 1. The number of rotatable bonds is 5. The lowest BCUT2D eigenvalue weighted by molar-refractivity contribution is -0.120. The molecule has 0 aromatic heterocycles. The Morgan fingerprint density at radius 2 is 2.24 bits per heavy atom. The number of hydrogen-bond donors (Lipinski definition) is 1. The van der Waals surface area contributed by atoms with Crippen LogP contribution in [0.4, 0.5) is 5.69 Å². The Morgan fingerprint density at radius 3 is 3.00 bits per heavy atom. The number of ether oxygens (including phenoxy) is 1. The smallest absolute Gasteiger partial charge is 0.250 e. The average molecular weight is 303 g/mol. The summed E-state index contributed by atoms with van der Waals surface area (Å²) in [6, 6.07) is 7.86. The van der Waals surface area contributed by atoms with Crippen LogP contribution >= 0.6 is 11.8 Å². The predicted molar refractivity (Wildman–Crippen MR) is 86.1 cm³/mol. The van der Waals surface area contributed by atoms with E-state index in [9.17, 15) is 4.79 Å². The normalized spacial score (nSPS) is 16.5. The van der Waals surface area contributed by atoms with Gasteiger partial charge in [0.25, 0.3) is 0 Å². The lowest BCUT2D eigenvalue weighted by Gasteiger charge is -2.16. The average Bonchev–Trinajstić information content (AvgIpc) is 3.09. The number of carbonyl (C=O) groups excluding carboxylic acids is 1. The Morgan fingerprint density at radius 1 is 1.43 bits per heavy atom. The van der Waals surface area contributed by atoms with Gasteiger partial charge >= 0.3 is 0 Å². The van der Waals surface area contributed by atoms with Crippen LogP contribution in [-0.2, 0) is 9.53 Å². The number of nitrogens with zero attached hydrogens (tertiary/aromatic N) is 2. The number of thioether (sulfide) groups is 1. The lowest BCUT2D eigenvalue weighted by Crippen LogP contribution is -2.20. The van der Waals surface area contributed by atoms with Crippen LogP contribution in [-0.4, -0.2) is 42.3 Å². The Labute approximate surface area is 128 Å². The second-order valence-corrected chi connectivity index (χ2v) is 5.54. The molecule has 3 rings (SSSR count). The first kappa shape index (κ1) is 14.2. The third-order valence-electron chi connectivity index (χ3n) is 3.27. The number of nitrogens with one attached hydrogen (secondary N) is 1. The van der Waals surface area contributed by atoms with Crippen LogP contribution in [0, 0.1) is 0 Å². The molecule has 0 radical (unpaired) electrons. The Kier molecular flexibility index (Phi) is 4.26. The van der Waals surface area contributed by atoms with Crippen molar-refractivity contribution < 1.29 is 9.53 Å². The van der Waals surface area contributed by atoms with Gasteiger partial charge in [0.15, 0.2) is 5.17 Å². The summed E-state index contributed by atoms with van der Waals surface area (Å²) in [5, 5.41) is 6.02. The van der Waals surface area contributed by atoms with E-state index in [0.29, 0.717) is 6.61 Å². The Hall–Kier alpha value is -1.79. The van der Waals surface area contributed by atoms with Crippen LogP contribution in [0.1, 0.15) is 12.5 Å². The van der Waals surface area contributed by atoms with Crippen LogP contribution in [0.25, 0.3) is 5.70 Å². The van der Waals surface area contributed by atoms with Gasteiger partial charge in [-0.3, -0.25) is 9.79 Å². The summed E-state index contributed by atoms with van der Waals surface area (Å²) in [7, 11) is 0. The molecule has 0 fully saturated rings. The summed E-state index contributed by atoms with van der Waals surface area (Å²) in [5.74, 6) is -0.130. The second-order valence-electron chi connectivity index (χ2n) is 4.70. The summed E-state index contributed by atoms with van der Waals surface area (Å²) in [6.45, 7) is 4.31. The molecule has 21 heavy (non-hydrogen) atoms. The van der Waals surface area contributed by atoms with Crippen molar-refractivity contribution in [2.75, 3.05) is 31.6 Å². The summed E-state index contributed by atoms with van der Waals surface area (Å²) in [6.07, 6.45) is 0. The molecule has 0 bridgehead atoms. The zero-order chi connectivity index (χ0) is 14.7. The van der Waals surface area contributed by atoms with Crippen LogP contribution < -0.4 is 5.32 Å². The minimum absolute atomic E-state index is 0.0909. The van der Waals surface area contributed by atoms with E-state index < -0.39 is 0 Å². The number of anilines is 1. The molecule has 110 valence electrons. The van der Waals surface area contributed by atoms with E-state index in [4.69, 9.17) is 4.74 Å². The first-order valence-corrected chi connectivity index (χ1v) is 7.82. The summed E-state index contributed by atoms with van der Waals surface area (Å²) < 4.78 is 5.08. The fourth-order valence-electron chi connectivity index (χ4n) is 2.26. The first-order valence-electron chi connectivity index (χ1n) is 6.95. The number of amides is 1. The molecule has 1 N–H and O–H groups in total. The fraction of sp³-hybridized carbons (Fsp3) is 0.333. The molecule has 0 atom stereocenters. The quantitative estimate of drug-likeness (QED) is 0.907. The highest BCUT2D eigenvalue weighted by molar-refractivity contribution is 8.16. The van der Waals surface area contributed by atoms with Crippen molar-refractivity contribution in [1.82, 2.24) is 4.90 Å². The van der Waals surface area contributed by atoms with Crippen LogP contribution in [0.15, 0.2) is 34.7 Å². The maximum Gasteiger partial charge on any atom is 0.250 e. The molecular weight excluding hydrogens is 286 g/mol. The molecule has 2 aliphatic heterocycles. The van der Waals surface area contributed by atoms with Crippen LogP contribution in [0.5, 0.6) is 0 Å². The molecule has 1 aromatic rings. The van der Waals surface area contributed by atoms with Gasteiger partial charge in [-0.1, -0.05) is 23.9 Å². The van der Waals surface area contributed by atoms with Gasteiger partial charge in [-0.15, -0.1) is 0 Å². The third kappa shape index (κ3) is 3.11. The second kappa shape index (κ2) is 6.32. The highest BCUT2D eigenvalue weighted by atomic mass is 32.2. The van der Waals surface area contributed by atoms with E-state index in [1.165, 1.54) is 5.70 Å². The summed E-state index contributed by atoms with van der Waals surface area (Å²) >= 11 is 1.67. The monoisotopic (exact) mass is 303 g/mol. The largest absolute Gasteiger partial charge is 0.372 e. The molecule has 1 amide bonds. The van der Waals surface area contributed by atoms with E-state index in [-0.39, 0.29) is 12.5 Å². The molecule has 6 heteroatoms. The number of aliphatic imine (C=N–C) groups is 1. The molecule has 0 saturated carbocycles. The third-order valence-corrected chi connectivity index (χ3v) is 4.17. The zero-order valence-electron chi connectivity index (χ0n) is 11.8. The molecule has 0 unspecified atom stereocenters. The molecule has 2 heterocycles. The van der Waals surface area contributed by atoms with Gasteiger partial charge in [0, 0.05) is 24.2 Å². The minimum atomic E-state index is -0.130. The predicted octanol–water partition coefficient (Wildman–Crippen LogP) is 2.38. The van der Waals surface area contributed by atoms with E-state index in [1.54, 1.807) is 11.8 Å². The Balaban J connectivity index is 1.65. The Bertz CT molecular complexity index is 595. The number of benzene rings is 1. The van der Waals surface area contributed by atoms with Gasteiger partial charge in [-0.05, 0) is 24.6 Å². The summed E-state index contributed by atoms with van der Waals surface area (Å²) in [4.78, 5) is 18.3. The fourth-order valence-corrected chi connectivity index (χ4v) is 3.23. The maximum absolute atomic E-state index is 11.6. The van der Waals surface area contributed by atoms with Crippen LogP contribution in [0.2, 0.25) is 0 Å². The first-order chi connectivity index (χ1) is 10.3. The number of hydrogen-bond acceptors (Lipinski definition) is 5. The van der Waals surface area contributed by atoms with E-state index in [2.05, 4.69) is 20.6 Å². The van der Waals surface area contributed by atoms with E-state index >= 15 is 0 Å². The topological polar surface area (TPSA) is 53.9 Å². The minimum Gasteiger partial charge on any atom is -0.372 e. The van der Waals surface area contributed by atoms with Gasteiger partial charge in [0.1, 0.15) is 6.61 Å². The van der Waals surface area contributed by atoms with Gasteiger partial charge in [0.2, 0.25) is 5.91 Å².